The van der Waals surface area contributed by atoms with Gasteiger partial charge in [0.2, 0.25) is 0 Å². The molecule has 0 spiro atoms. The molecule has 1 atom stereocenters. The molecule has 0 radical (unpaired) electrons. The van der Waals surface area contributed by atoms with E-state index in [2.05, 4.69) is 76.4 Å². The fourth-order valence-electron chi connectivity index (χ4n) is 2.60. The minimum atomic E-state index is -1.61. The van der Waals surface area contributed by atoms with Gasteiger partial charge < -0.3 is 9.74 Å². The second-order valence-electron chi connectivity index (χ2n) is 8.52. The molecule has 2 nitrogen and oxygen atoms in total. The zero-order valence-corrected chi connectivity index (χ0v) is 17.8. The topological polar surface area (TPSA) is 21.3 Å². The van der Waals surface area contributed by atoms with Crippen molar-refractivity contribution in [2.75, 3.05) is 13.1 Å². The molecule has 0 aromatic heterocycles. The molecule has 0 heterocycles. The SMILES string of the molecule is CC(CCCNCCCCc1ccccc1)O[Si](C)(C)C(C)(C)C. The van der Waals surface area contributed by atoms with E-state index in [1.807, 2.05) is 0 Å². The monoisotopic (exact) mass is 349 g/mol. The Morgan fingerprint density at radius 2 is 1.62 bits per heavy atom. The second-order valence-corrected chi connectivity index (χ2v) is 13.3. The maximum Gasteiger partial charge on any atom is 0.192 e. The molecule has 0 aliphatic rings. The first kappa shape index (κ1) is 21.4. The van der Waals surface area contributed by atoms with Gasteiger partial charge in [-0.05, 0) is 75.8 Å². The predicted molar refractivity (Wildman–Crippen MR) is 109 cm³/mol. The number of nitrogens with one attached hydrogen (secondary N) is 1. The van der Waals surface area contributed by atoms with Crippen molar-refractivity contribution in [1.82, 2.24) is 5.32 Å². The van der Waals surface area contributed by atoms with Crippen molar-refractivity contribution >= 4 is 8.32 Å². The summed E-state index contributed by atoms with van der Waals surface area (Å²) in [6, 6.07) is 10.8. The van der Waals surface area contributed by atoms with Crippen LogP contribution < -0.4 is 5.32 Å². The summed E-state index contributed by atoms with van der Waals surface area (Å²) in [5.74, 6) is 0. The third kappa shape index (κ3) is 8.45. The first-order valence-corrected chi connectivity index (χ1v) is 12.6. The smallest absolute Gasteiger partial charge is 0.192 e. The van der Waals surface area contributed by atoms with Crippen molar-refractivity contribution in [3.05, 3.63) is 35.9 Å². The molecule has 0 saturated carbocycles. The van der Waals surface area contributed by atoms with Gasteiger partial charge in [-0.2, -0.15) is 0 Å². The van der Waals surface area contributed by atoms with Crippen LogP contribution in [0.1, 0.15) is 58.9 Å². The van der Waals surface area contributed by atoms with Gasteiger partial charge in [0.1, 0.15) is 0 Å². The first-order chi connectivity index (χ1) is 11.2. The molecule has 0 bridgehead atoms. The highest BCUT2D eigenvalue weighted by atomic mass is 28.4. The summed E-state index contributed by atoms with van der Waals surface area (Å²) in [5, 5.41) is 3.88. The Morgan fingerprint density at radius 3 is 2.25 bits per heavy atom. The molecule has 0 fully saturated rings. The van der Waals surface area contributed by atoms with Crippen LogP contribution in [0.4, 0.5) is 0 Å². The average molecular weight is 350 g/mol. The van der Waals surface area contributed by atoms with E-state index in [0.717, 1.165) is 19.5 Å². The van der Waals surface area contributed by atoms with E-state index < -0.39 is 8.32 Å². The summed E-state index contributed by atoms with van der Waals surface area (Å²) < 4.78 is 6.41. The highest BCUT2D eigenvalue weighted by molar-refractivity contribution is 6.74. The molecular weight excluding hydrogens is 310 g/mol. The number of hydrogen-bond donors (Lipinski definition) is 1. The van der Waals surface area contributed by atoms with Crippen LogP contribution in [0.25, 0.3) is 0 Å². The molecule has 3 heteroatoms. The number of benzene rings is 1. The van der Waals surface area contributed by atoms with Gasteiger partial charge in [0.15, 0.2) is 8.32 Å². The van der Waals surface area contributed by atoms with Crippen LogP contribution in [0.5, 0.6) is 0 Å². The quantitative estimate of drug-likeness (QED) is 0.403. The summed E-state index contributed by atoms with van der Waals surface area (Å²) in [6.45, 7) is 16.1. The van der Waals surface area contributed by atoms with Crippen molar-refractivity contribution < 1.29 is 4.43 Å². The molecule has 1 N–H and O–H groups in total. The molecular formula is C21H39NOSi. The van der Waals surface area contributed by atoms with Crippen LogP contribution in [0.2, 0.25) is 18.1 Å². The molecule has 0 aliphatic carbocycles. The standard InChI is InChI=1S/C21H39NOSi/c1-19(23-24(5,6)21(2,3)4)13-12-18-22-17-11-10-16-20-14-8-7-9-15-20/h7-9,14-15,19,22H,10-13,16-18H2,1-6H3. The Balaban J connectivity index is 2.02. The summed E-state index contributed by atoms with van der Waals surface area (Å²) in [6.07, 6.45) is 6.45. The van der Waals surface area contributed by atoms with E-state index in [-0.39, 0.29) is 0 Å². The lowest BCUT2D eigenvalue weighted by atomic mass is 10.1. The fraction of sp³-hybridized carbons (Fsp3) is 0.714. The van der Waals surface area contributed by atoms with E-state index in [1.54, 1.807) is 0 Å². The maximum absolute atomic E-state index is 6.41. The molecule has 0 saturated heterocycles. The van der Waals surface area contributed by atoms with Crippen molar-refractivity contribution in [1.29, 1.82) is 0 Å². The lowest BCUT2D eigenvalue weighted by Gasteiger charge is -2.38. The minimum absolute atomic E-state index is 0.304. The Morgan fingerprint density at radius 1 is 1.00 bits per heavy atom. The van der Waals surface area contributed by atoms with Gasteiger partial charge in [0.05, 0.1) is 0 Å². The zero-order chi connectivity index (χ0) is 18.1. The van der Waals surface area contributed by atoms with Crippen molar-refractivity contribution in [3.63, 3.8) is 0 Å². The summed E-state index contributed by atoms with van der Waals surface area (Å²) >= 11 is 0. The summed E-state index contributed by atoms with van der Waals surface area (Å²) in [7, 11) is -1.61. The molecule has 1 unspecified atom stereocenters. The third-order valence-electron chi connectivity index (χ3n) is 5.18. The minimum Gasteiger partial charge on any atom is -0.414 e. The number of rotatable bonds is 11. The van der Waals surface area contributed by atoms with Crippen LogP contribution in [-0.4, -0.2) is 27.5 Å². The van der Waals surface area contributed by atoms with Gasteiger partial charge in [-0.3, -0.25) is 0 Å². The molecule has 138 valence electrons. The lowest BCUT2D eigenvalue weighted by Crippen LogP contribution is -2.43. The third-order valence-corrected chi connectivity index (χ3v) is 9.78. The van der Waals surface area contributed by atoms with E-state index in [0.29, 0.717) is 11.1 Å². The maximum atomic E-state index is 6.41. The van der Waals surface area contributed by atoms with Crippen LogP contribution in [0, 0.1) is 0 Å². The zero-order valence-electron chi connectivity index (χ0n) is 16.8. The van der Waals surface area contributed by atoms with E-state index >= 15 is 0 Å². The first-order valence-electron chi connectivity index (χ1n) is 9.65. The van der Waals surface area contributed by atoms with Gasteiger partial charge >= 0.3 is 0 Å². The van der Waals surface area contributed by atoms with Gasteiger partial charge in [0.25, 0.3) is 0 Å². The predicted octanol–water partition coefficient (Wildman–Crippen LogP) is 5.79. The van der Waals surface area contributed by atoms with E-state index in [1.165, 1.54) is 31.2 Å². The van der Waals surface area contributed by atoms with Crippen LogP contribution >= 0.6 is 0 Å². The van der Waals surface area contributed by atoms with E-state index in [4.69, 9.17) is 4.43 Å². The van der Waals surface area contributed by atoms with Crippen LogP contribution in [0.3, 0.4) is 0 Å². The second kappa shape index (κ2) is 10.4. The van der Waals surface area contributed by atoms with Gasteiger partial charge in [-0.1, -0.05) is 51.1 Å². The molecule has 1 aromatic carbocycles. The van der Waals surface area contributed by atoms with Crippen molar-refractivity contribution in [2.45, 2.75) is 84.0 Å². The Hall–Kier alpha value is -0.643. The fourth-order valence-corrected chi connectivity index (χ4v) is 4.08. The van der Waals surface area contributed by atoms with Gasteiger partial charge in [-0.25, -0.2) is 0 Å². The van der Waals surface area contributed by atoms with Crippen molar-refractivity contribution in [2.24, 2.45) is 0 Å². The van der Waals surface area contributed by atoms with Crippen LogP contribution in [0.15, 0.2) is 30.3 Å². The van der Waals surface area contributed by atoms with Crippen molar-refractivity contribution in [3.8, 4) is 0 Å². The Labute approximate surface area is 151 Å². The summed E-state index contributed by atoms with van der Waals surface area (Å²) in [4.78, 5) is 0. The highest BCUT2D eigenvalue weighted by Crippen LogP contribution is 2.37. The molecule has 0 aliphatic heterocycles. The molecule has 1 aromatic rings. The molecule has 1 rings (SSSR count). The lowest BCUT2D eigenvalue weighted by molar-refractivity contribution is 0.186. The Kier molecular flexibility index (Phi) is 9.25. The van der Waals surface area contributed by atoms with E-state index in [9.17, 15) is 0 Å². The number of unbranched alkanes of at least 4 members (excludes halogenated alkanes) is 1. The van der Waals surface area contributed by atoms with Crippen LogP contribution in [-0.2, 0) is 10.8 Å². The highest BCUT2D eigenvalue weighted by Gasteiger charge is 2.38. The van der Waals surface area contributed by atoms with Gasteiger partial charge in [0, 0.05) is 6.10 Å². The normalized spacial score (nSPS) is 13.9. The largest absolute Gasteiger partial charge is 0.414 e. The molecule has 24 heavy (non-hydrogen) atoms. The number of aryl methyl sites for hydroxylation is 1. The number of hydrogen-bond acceptors (Lipinski definition) is 2. The summed E-state index contributed by atoms with van der Waals surface area (Å²) in [5.41, 5.74) is 1.45. The average Bonchev–Trinajstić information content (AvgIpc) is 2.49. The molecule has 0 amide bonds. The van der Waals surface area contributed by atoms with Gasteiger partial charge in [-0.15, -0.1) is 0 Å². The Bertz CT molecular complexity index is 439.